The lowest BCUT2D eigenvalue weighted by atomic mass is 10.1. The fourth-order valence-corrected chi connectivity index (χ4v) is 2.11. The van der Waals surface area contributed by atoms with Crippen LogP contribution in [0.3, 0.4) is 0 Å². The number of amides is 1. The highest BCUT2D eigenvalue weighted by atomic mass is 16.7. The van der Waals surface area contributed by atoms with Gasteiger partial charge in [0.1, 0.15) is 0 Å². The van der Waals surface area contributed by atoms with E-state index in [1.54, 1.807) is 11.8 Å². The van der Waals surface area contributed by atoms with Crippen molar-refractivity contribution >= 4 is 6.09 Å². The molecule has 0 saturated carbocycles. The molecular formula is C15H21NO3. The number of benzene rings is 1. The van der Waals surface area contributed by atoms with Crippen LogP contribution >= 0.6 is 0 Å². The molecule has 1 unspecified atom stereocenters. The lowest BCUT2D eigenvalue weighted by Gasteiger charge is -2.27. The van der Waals surface area contributed by atoms with Crippen molar-refractivity contribution in [1.82, 2.24) is 4.90 Å². The van der Waals surface area contributed by atoms with E-state index in [0.717, 1.165) is 31.5 Å². The van der Waals surface area contributed by atoms with E-state index < -0.39 is 6.29 Å². The fraction of sp³-hybridized carbons (Fsp3) is 0.533. The van der Waals surface area contributed by atoms with E-state index in [4.69, 9.17) is 9.47 Å². The van der Waals surface area contributed by atoms with Crippen LogP contribution in [0.2, 0.25) is 0 Å². The third kappa shape index (κ3) is 4.56. The first-order valence-corrected chi connectivity index (χ1v) is 6.87. The van der Waals surface area contributed by atoms with Gasteiger partial charge in [0.05, 0.1) is 6.61 Å². The van der Waals surface area contributed by atoms with Crippen molar-refractivity contribution in [2.24, 2.45) is 0 Å². The first-order chi connectivity index (χ1) is 9.25. The van der Waals surface area contributed by atoms with Gasteiger partial charge < -0.3 is 14.4 Å². The number of hydrogen-bond acceptors (Lipinski definition) is 3. The van der Waals surface area contributed by atoms with E-state index in [2.05, 4.69) is 0 Å². The smallest absolute Gasteiger partial charge is 0.412 e. The highest BCUT2D eigenvalue weighted by molar-refractivity contribution is 5.67. The van der Waals surface area contributed by atoms with Gasteiger partial charge in [-0.1, -0.05) is 30.3 Å². The number of ether oxygens (including phenoxy) is 2. The number of piperidine rings is 1. The number of carbonyl (C=O) groups excluding carboxylic acids is 1. The third-order valence-corrected chi connectivity index (χ3v) is 3.21. The van der Waals surface area contributed by atoms with Crippen LogP contribution in [0.25, 0.3) is 0 Å². The van der Waals surface area contributed by atoms with Crippen LogP contribution in [0.15, 0.2) is 30.3 Å². The van der Waals surface area contributed by atoms with Gasteiger partial charge >= 0.3 is 6.09 Å². The fourth-order valence-electron chi connectivity index (χ4n) is 2.11. The Kier molecular flexibility index (Phi) is 5.21. The average molecular weight is 263 g/mol. The van der Waals surface area contributed by atoms with Gasteiger partial charge in [0, 0.05) is 13.1 Å². The molecule has 0 bridgehead atoms. The molecule has 0 spiro atoms. The zero-order chi connectivity index (χ0) is 13.5. The summed E-state index contributed by atoms with van der Waals surface area (Å²) in [7, 11) is 0. The quantitative estimate of drug-likeness (QED) is 0.783. The van der Waals surface area contributed by atoms with Crippen molar-refractivity contribution in [2.45, 2.75) is 39.1 Å². The Bertz CT molecular complexity index is 388. The summed E-state index contributed by atoms with van der Waals surface area (Å²) in [5.74, 6) is 0. The zero-order valence-corrected chi connectivity index (χ0v) is 11.4. The zero-order valence-electron chi connectivity index (χ0n) is 11.4. The number of hydrogen-bond donors (Lipinski definition) is 0. The molecule has 1 aromatic carbocycles. The Labute approximate surface area is 114 Å². The molecule has 1 aliphatic rings. The molecule has 1 fully saturated rings. The van der Waals surface area contributed by atoms with Gasteiger partial charge in [-0.25, -0.2) is 4.79 Å². The highest BCUT2D eigenvalue weighted by Gasteiger charge is 2.19. The molecule has 104 valence electrons. The maximum atomic E-state index is 11.8. The van der Waals surface area contributed by atoms with Crippen LogP contribution in [0.1, 0.15) is 31.7 Å². The van der Waals surface area contributed by atoms with Gasteiger partial charge in [-0.05, 0) is 31.7 Å². The number of rotatable bonds is 4. The predicted octanol–water partition coefficient (Wildman–Crippen LogP) is 3.17. The summed E-state index contributed by atoms with van der Waals surface area (Å²) in [5.41, 5.74) is 1.07. The van der Waals surface area contributed by atoms with Crippen molar-refractivity contribution < 1.29 is 14.3 Å². The molecule has 0 N–H and O–H groups in total. The van der Waals surface area contributed by atoms with Crippen LogP contribution < -0.4 is 0 Å². The summed E-state index contributed by atoms with van der Waals surface area (Å²) in [5, 5.41) is 0. The molecule has 1 aromatic rings. The monoisotopic (exact) mass is 263 g/mol. The van der Waals surface area contributed by atoms with Gasteiger partial charge in [-0.2, -0.15) is 0 Å². The predicted molar refractivity (Wildman–Crippen MR) is 72.6 cm³/mol. The van der Waals surface area contributed by atoms with E-state index in [9.17, 15) is 4.79 Å². The molecule has 19 heavy (non-hydrogen) atoms. The van der Waals surface area contributed by atoms with E-state index in [1.807, 2.05) is 30.3 Å². The molecule has 1 heterocycles. The molecule has 1 aliphatic heterocycles. The highest BCUT2D eigenvalue weighted by Crippen LogP contribution is 2.11. The first-order valence-electron chi connectivity index (χ1n) is 6.87. The largest absolute Gasteiger partial charge is 0.420 e. The van der Waals surface area contributed by atoms with Crippen molar-refractivity contribution in [3.05, 3.63) is 35.9 Å². The van der Waals surface area contributed by atoms with Crippen LogP contribution in [-0.4, -0.2) is 30.4 Å². The molecule has 4 nitrogen and oxygen atoms in total. The van der Waals surface area contributed by atoms with Gasteiger partial charge in [0.15, 0.2) is 0 Å². The second-order valence-electron chi connectivity index (χ2n) is 4.80. The summed E-state index contributed by atoms with van der Waals surface area (Å²) in [6.07, 6.45) is 2.54. The summed E-state index contributed by atoms with van der Waals surface area (Å²) in [4.78, 5) is 13.6. The Balaban J connectivity index is 1.71. The molecule has 0 radical (unpaired) electrons. The van der Waals surface area contributed by atoms with E-state index >= 15 is 0 Å². The SMILES string of the molecule is CC(OCc1ccccc1)OC(=O)N1CCCCC1. The number of likely N-dealkylation sites (tertiary alicyclic amines) is 1. The lowest BCUT2D eigenvalue weighted by Crippen LogP contribution is -2.38. The molecule has 4 heteroatoms. The van der Waals surface area contributed by atoms with Gasteiger partial charge in [0.25, 0.3) is 0 Å². The summed E-state index contributed by atoms with van der Waals surface area (Å²) in [6.45, 7) is 3.80. The van der Waals surface area contributed by atoms with E-state index in [0.29, 0.717) is 6.61 Å². The third-order valence-electron chi connectivity index (χ3n) is 3.21. The minimum absolute atomic E-state index is 0.264. The van der Waals surface area contributed by atoms with Crippen LogP contribution in [0.4, 0.5) is 4.79 Å². The second kappa shape index (κ2) is 7.14. The first kappa shape index (κ1) is 13.9. The van der Waals surface area contributed by atoms with E-state index in [1.165, 1.54) is 6.42 Å². The van der Waals surface area contributed by atoms with Crippen molar-refractivity contribution in [1.29, 1.82) is 0 Å². The Morgan fingerprint density at radius 3 is 2.58 bits per heavy atom. The number of carbonyl (C=O) groups is 1. The molecule has 1 amide bonds. The van der Waals surface area contributed by atoms with Crippen molar-refractivity contribution in [3.8, 4) is 0 Å². The summed E-state index contributed by atoms with van der Waals surface area (Å²) >= 11 is 0. The molecule has 2 rings (SSSR count). The topological polar surface area (TPSA) is 38.8 Å². The maximum absolute atomic E-state index is 11.8. The van der Waals surface area contributed by atoms with Crippen molar-refractivity contribution in [2.75, 3.05) is 13.1 Å². The molecule has 1 atom stereocenters. The van der Waals surface area contributed by atoms with Gasteiger partial charge in [0.2, 0.25) is 6.29 Å². The van der Waals surface area contributed by atoms with Gasteiger partial charge in [-0.15, -0.1) is 0 Å². The van der Waals surface area contributed by atoms with Crippen LogP contribution in [-0.2, 0) is 16.1 Å². The average Bonchev–Trinajstić information content (AvgIpc) is 2.47. The van der Waals surface area contributed by atoms with Crippen LogP contribution in [0, 0.1) is 0 Å². The maximum Gasteiger partial charge on any atom is 0.412 e. The summed E-state index contributed by atoms with van der Waals surface area (Å²) in [6, 6.07) is 9.86. The molecule has 0 aromatic heterocycles. The number of nitrogens with zero attached hydrogens (tertiary/aromatic N) is 1. The minimum atomic E-state index is -0.519. The molecule has 1 saturated heterocycles. The minimum Gasteiger partial charge on any atom is -0.420 e. The summed E-state index contributed by atoms with van der Waals surface area (Å²) < 4.78 is 10.8. The lowest BCUT2D eigenvalue weighted by molar-refractivity contribution is -0.108. The van der Waals surface area contributed by atoms with E-state index in [-0.39, 0.29) is 6.09 Å². The van der Waals surface area contributed by atoms with Crippen molar-refractivity contribution in [3.63, 3.8) is 0 Å². The normalized spacial score (nSPS) is 17.0. The molecule has 0 aliphatic carbocycles. The Morgan fingerprint density at radius 1 is 1.21 bits per heavy atom. The Morgan fingerprint density at radius 2 is 1.89 bits per heavy atom. The second-order valence-corrected chi connectivity index (χ2v) is 4.80. The van der Waals surface area contributed by atoms with Crippen LogP contribution in [0.5, 0.6) is 0 Å². The standard InChI is InChI=1S/C15H21NO3/c1-13(18-12-14-8-4-2-5-9-14)19-15(17)16-10-6-3-7-11-16/h2,4-5,8-9,13H,3,6-7,10-12H2,1H3. The molecular weight excluding hydrogens is 242 g/mol. The Hall–Kier alpha value is -1.55. The van der Waals surface area contributed by atoms with Gasteiger partial charge in [-0.3, -0.25) is 0 Å².